The highest BCUT2D eigenvalue weighted by Crippen LogP contribution is 2.28. The lowest BCUT2D eigenvalue weighted by Crippen LogP contribution is -2.39. The van der Waals surface area contributed by atoms with Crippen LogP contribution in [-0.2, 0) is 0 Å². The third kappa shape index (κ3) is 2.54. The van der Waals surface area contributed by atoms with E-state index in [1.807, 2.05) is 10.6 Å². The van der Waals surface area contributed by atoms with E-state index in [0.29, 0.717) is 18.2 Å². The minimum atomic E-state index is -0.643. The standard InChI is InChI=1S/C13H20N6O/c14-18-10-8-19-7-6-15-12(19)11(17-10)16-9-13(20)4-2-1-3-5-13/h6-8,18,20H,1-5,9,14H2,(H,16,17). The molecule has 2 heterocycles. The predicted octanol–water partition coefficient (Wildman–Crippen LogP) is 1.12. The first-order chi connectivity index (χ1) is 9.70. The Bertz CT molecular complexity index is 590. The Morgan fingerprint density at radius 2 is 2.15 bits per heavy atom. The van der Waals surface area contributed by atoms with E-state index in [1.165, 1.54) is 6.42 Å². The van der Waals surface area contributed by atoms with Gasteiger partial charge in [0.25, 0.3) is 0 Å². The Balaban J connectivity index is 1.81. The summed E-state index contributed by atoms with van der Waals surface area (Å²) in [4.78, 5) is 8.63. The molecule has 20 heavy (non-hydrogen) atoms. The molecule has 2 aromatic heterocycles. The van der Waals surface area contributed by atoms with E-state index in [-0.39, 0.29) is 0 Å². The summed E-state index contributed by atoms with van der Waals surface area (Å²) in [6, 6.07) is 0. The molecule has 1 aliphatic rings. The Hall–Kier alpha value is -1.86. The smallest absolute Gasteiger partial charge is 0.180 e. The highest BCUT2D eigenvalue weighted by Gasteiger charge is 2.29. The highest BCUT2D eigenvalue weighted by molar-refractivity contribution is 5.65. The molecule has 0 radical (unpaired) electrons. The highest BCUT2D eigenvalue weighted by atomic mass is 16.3. The number of hydrazine groups is 1. The van der Waals surface area contributed by atoms with Gasteiger partial charge in [-0.2, -0.15) is 0 Å². The average Bonchev–Trinajstić information content (AvgIpc) is 2.93. The largest absolute Gasteiger partial charge is 0.388 e. The number of nitrogens with one attached hydrogen (secondary N) is 2. The third-order valence-electron chi connectivity index (χ3n) is 3.89. The molecule has 1 saturated carbocycles. The summed E-state index contributed by atoms with van der Waals surface area (Å²) < 4.78 is 1.84. The van der Waals surface area contributed by atoms with Crippen molar-refractivity contribution in [1.29, 1.82) is 0 Å². The molecule has 1 aliphatic carbocycles. The van der Waals surface area contributed by atoms with Crippen LogP contribution in [0.5, 0.6) is 0 Å². The minimum Gasteiger partial charge on any atom is -0.388 e. The zero-order chi connectivity index (χ0) is 14.0. The van der Waals surface area contributed by atoms with E-state index < -0.39 is 5.60 Å². The van der Waals surface area contributed by atoms with Gasteiger partial charge in [-0.25, -0.2) is 15.8 Å². The molecule has 0 spiro atoms. The summed E-state index contributed by atoms with van der Waals surface area (Å²) in [5, 5.41) is 13.7. The maximum Gasteiger partial charge on any atom is 0.180 e. The monoisotopic (exact) mass is 276 g/mol. The van der Waals surface area contributed by atoms with Crippen LogP contribution in [0.15, 0.2) is 18.6 Å². The molecule has 108 valence electrons. The lowest BCUT2D eigenvalue weighted by atomic mass is 9.85. The summed E-state index contributed by atoms with van der Waals surface area (Å²) in [6.45, 7) is 0.483. The van der Waals surface area contributed by atoms with Crippen LogP contribution in [0.3, 0.4) is 0 Å². The van der Waals surface area contributed by atoms with E-state index in [2.05, 4.69) is 20.7 Å². The maximum atomic E-state index is 10.5. The van der Waals surface area contributed by atoms with Crippen molar-refractivity contribution in [2.24, 2.45) is 5.84 Å². The molecule has 0 unspecified atom stereocenters. The number of imidazole rings is 1. The second-order valence-electron chi connectivity index (χ2n) is 5.42. The first kappa shape index (κ1) is 13.1. The van der Waals surface area contributed by atoms with E-state index in [9.17, 15) is 5.11 Å². The van der Waals surface area contributed by atoms with Gasteiger partial charge in [0, 0.05) is 18.9 Å². The van der Waals surface area contributed by atoms with Gasteiger partial charge in [-0.1, -0.05) is 19.3 Å². The minimum absolute atomic E-state index is 0.483. The van der Waals surface area contributed by atoms with Gasteiger partial charge in [0.1, 0.15) is 0 Å². The Labute approximate surface area is 117 Å². The molecule has 7 heteroatoms. The van der Waals surface area contributed by atoms with Gasteiger partial charge in [-0.3, -0.25) is 0 Å². The van der Waals surface area contributed by atoms with Crippen LogP contribution in [0.1, 0.15) is 32.1 Å². The van der Waals surface area contributed by atoms with Gasteiger partial charge >= 0.3 is 0 Å². The van der Waals surface area contributed by atoms with Crippen molar-refractivity contribution in [2.45, 2.75) is 37.7 Å². The van der Waals surface area contributed by atoms with Crippen LogP contribution in [0.2, 0.25) is 0 Å². The zero-order valence-electron chi connectivity index (χ0n) is 11.3. The quantitative estimate of drug-likeness (QED) is 0.493. The van der Waals surface area contributed by atoms with Gasteiger partial charge in [0.2, 0.25) is 0 Å². The van der Waals surface area contributed by atoms with Crippen molar-refractivity contribution in [3.05, 3.63) is 18.6 Å². The number of aliphatic hydroxyl groups is 1. The molecule has 3 rings (SSSR count). The molecular formula is C13H20N6O. The van der Waals surface area contributed by atoms with Crippen molar-refractivity contribution < 1.29 is 5.11 Å². The SMILES string of the molecule is NNc1cn2ccnc2c(NCC2(O)CCCCC2)n1. The number of fused-ring (bicyclic) bond motifs is 1. The van der Waals surface area contributed by atoms with Crippen molar-refractivity contribution >= 4 is 17.3 Å². The van der Waals surface area contributed by atoms with Gasteiger partial charge in [0.05, 0.1) is 11.8 Å². The Morgan fingerprint density at radius 1 is 1.35 bits per heavy atom. The Kier molecular flexibility index (Phi) is 3.45. The van der Waals surface area contributed by atoms with Gasteiger partial charge in [0.15, 0.2) is 17.3 Å². The van der Waals surface area contributed by atoms with Crippen molar-refractivity contribution in [3.63, 3.8) is 0 Å². The second kappa shape index (κ2) is 5.26. The van der Waals surface area contributed by atoms with Crippen LogP contribution < -0.4 is 16.6 Å². The number of aromatic nitrogens is 3. The summed E-state index contributed by atoms with van der Waals surface area (Å²) in [5.74, 6) is 6.60. The molecule has 0 bridgehead atoms. The van der Waals surface area contributed by atoms with Crippen LogP contribution >= 0.6 is 0 Å². The van der Waals surface area contributed by atoms with Crippen LogP contribution in [0.25, 0.3) is 5.65 Å². The van der Waals surface area contributed by atoms with E-state index in [4.69, 9.17) is 5.84 Å². The average molecular weight is 276 g/mol. The van der Waals surface area contributed by atoms with Gasteiger partial charge in [-0.15, -0.1) is 0 Å². The zero-order valence-corrected chi connectivity index (χ0v) is 11.3. The molecule has 0 atom stereocenters. The third-order valence-corrected chi connectivity index (χ3v) is 3.89. The molecule has 0 saturated heterocycles. The summed E-state index contributed by atoms with van der Waals surface area (Å²) in [5.41, 5.74) is 2.62. The number of anilines is 2. The number of nitrogen functional groups attached to an aromatic ring is 1. The molecule has 5 N–H and O–H groups in total. The van der Waals surface area contributed by atoms with Gasteiger partial charge in [-0.05, 0) is 12.8 Å². The topological polar surface area (TPSA) is 100 Å². The molecule has 1 fully saturated rings. The molecule has 7 nitrogen and oxygen atoms in total. The summed E-state index contributed by atoms with van der Waals surface area (Å²) in [7, 11) is 0. The molecular weight excluding hydrogens is 256 g/mol. The van der Waals surface area contributed by atoms with Crippen LogP contribution in [0.4, 0.5) is 11.6 Å². The van der Waals surface area contributed by atoms with Crippen LogP contribution in [-0.4, -0.2) is 31.6 Å². The van der Waals surface area contributed by atoms with E-state index in [0.717, 1.165) is 31.3 Å². The normalized spacial score (nSPS) is 18.1. The molecule has 0 aromatic carbocycles. The Morgan fingerprint density at radius 3 is 2.90 bits per heavy atom. The first-order valence-electron chi connectivity index (χ1n) is 6.97. The molecule has 0 aliphatic heterocycles. The van der Waals surface area contributed by atoms with Crippen LogP contribution in [0, 0.1) is 0 Å². The second-order valence-corrected chi connectivity index (χ2v) is 5.42. The number of rotatable bonds is 4. The fourth-order valence-corrected chi connectivity index (χ4v) is 2.75. The maximum absolute atomic E-state index is 10.5. The number of hydrogen-bond acceptors (Lipinski definition) is 6. The van der Waals surface area contributed by atoms with Crippen molar-refractivity contribution in [2.75, 3.05) is 17.3 Å². The fraction of sp³-hybridized carbons (Fsp3) is 0.538. The van der Waals surface area contributed by atoms with Crippen molar-refractivity contribution in [1.82, 2.24) is 14.4 Å². The number of hydrogen-bond donors (Lipinski definition) is 4. The summed E-state index contributed by atoms with van der Waals surface area (Å²) in [6.07, 6.45) is 10.3. The van der Waals surface area contributed by atoms with Crippen molar-refractivity contribution in [3.8, 4) is 0 Å². The first-order valence-corrected chi connectivity index (χ1v) is 6.97. The fourth-order valence-electron chi connectivity index (χ4n) is 2.75. The summed E-state index contributed by atoms with van der Waals surface area (Å²) >= 11 is 0. The predicted molar refractivity (Wildman–Crippen MR) is 77.3 cm³/mol. The van der Waals surface area contributed by atoms with E-state index in [1.54, 1.807) is 12.4 Å². The molecule has 0 amide bonds. The van der Waals surface area contributed by atoms with Gasteiger partial charge < -0.3 is 20.2 Å². The number of nitrogens with zero attached hydrogens (tertiary/aromatic N) is 3. The number of nitrogens with two attached hydrogens (primary N) is 1. The lowest BCUT2D eigenvalue weighted by Gasteiger charge is -2.32. The molecule has 2 aromatic rings. The van der Waals surface area contributed by atoms with E-state index >= 15 is 0 Å². The lowest BCUT2D eigenvalue weighted by molar-refractivity contribution is 0.0167.